The Kier molecular flexibility index (Phi) is 6.90. The number of hydrogen-bond donors (Lipinski definition) is 1. The van der Waals surface area contributed by atoms with Gasteiger partial charge in [-0.1, -0.05) is 41.4 Å². The summed E-state index contributed by atoms with van der Waals surface area (Å²) < 4.78 is 2.96. The second-order valence-corrected chi connectivity index (χ2v) is 11.7. The summed E-state index contributed by atoms with van der Waals surface area (Å²) >= 11 is 13.8. The number of thiazole rings is 1. The lowest BCUT2D eigenvalue weighted by Gasteiger charge is -2.39. The maximum atomic E-state index is 13.4. The topological polar surface area (TPSA) is 66.3 Å². The van der Waals surface area contributed by atoms with Crippen molar-refractivity contribution in [1.82, 2.24) is 25.0 Å². The molecule has 6 rings (SSSR count). The Morgan fingerprint density at radius 1 is 1.16 bits per heavy atom. The van der Waals surface area contributed by atoms with E-state index in [0.29, 0.717) is 23.1 Å². The Bertz CT molecular complexity index is 1520. The number of piperidine rings is 1. The fourth-order valence-corrected chi connectivity index (χ4v) is 6.67. The van der Waals surface area contributed by atoms with E-state index in [4.69, 9.17) is 28.2 Å². The van der Waals surface area contributed by atoms with Crippen molar-refractivity contribution in [3.05, 3.63) is 81.0 Å². The van der Waals surface area contributed by atoms with Crippen LogP contribution in [0.4, 0.5) is 10.5 Å². The summed E-state index contributed by atoms with van der Waals surface area (Å²) in [5, 5.41) is 8.44. The number of nitrogens with one attached hydrogen (secondary N) is 1. The summed E-state index contributed by atoms with van der Waals surface area (Å²) in [6.45, 7) is 3.88. The molecule has 4 heterocycles. The Hall–Kier alpha value is -2.91. The number of benzene rings is 2. The molecule has 4 aromatic rings. The smallest absolute Gasteiger partial charge is 0.322 e. The lowest BCUT2D eigenvalue weighted by Crippen LogP contribution is -2.47. The highest BCUT2D eigenvalue weighted by atomic mass is 35.5. The SMILES string of the molecule is Cn1nccc1CNC(=O)N1CC2(CCN(CC=Cc3ccc(Cl)c(Cl)c3)CC2)c2c1ccc1scnc21. The highest BCUT2D eigenvalue weighted by molar-refractivity contribution is 7.16. The standard InChI is InChI=1S/C28H28Cl2N6OS/c1-34-20(8-11-33-34)16-31-27(37)36-17-28(25-23(36)6-7-24-26(25)32-18-38-24)9-13-35(14-10-28)12-2-3-19-4-5-21(29)22(30)15-19/h2-8,11,15,18H,9-10,12-14,16-17H2,1H3,(H,31,37). The van der Waals surface area contributed by atoms with Crippen LogP contribution in [-0.2, 0) is 19.0 Å². The number of aromatic nitrogens is 3. The summed E-state index contributed by atoms with van der Waals surface area (Å²) in [4.78, 5) is 22.6. The number of halogens is 2. The van der Waals surface area contributed by atoms with Crippen LogP contribution >= 0.6 is 34.5 Å². The van der Waals surface area contributed by atoms with E-state index in [1.54, 1.807) is 22.2 Å². The zero-order chi connectivity index (χ0) is 26.3. The molecule has 1 spiro atoms. The number of aryl methyl sites for hydroxylation is 1. The van der Waals surface area contributed by atoms with Gasteiger partial charge in [0.25, 0.3) is 0 Å². The maximum absolute atomic E-state index is 13.4. The molecule has 0 bridgehead atoms. The number of carbonyl (C=O) groups excluding carboxylic acids is 1. The fourth-order valence-electron chi connectivity index (χ4n) is 5.68. The van der Waals surface area contributed by atoms with Crippen molar-refractivity contribution < 1.29 is 4.79 Å². The second-order valence-electron chi connectivity index (χ2n) is 10.0. The number of likely N-dealkylation sites (tertiary alicyclic amines) is 1. The first kappa shape index (κ1) is 25.4. The monoisotopic (exact) mass is 566 g/mol. The van der Waals surface area contributed by atoms with Crippen molar-refractivity contribution >= 4 is 62.5 Å². The van der Waals surface area contributed by atoms with Gasteiger partial charge in [0.05, 0.1) is 43.7 Å². The third-order valence-electron chi connectivity index (χ3n) is 7.78. The Morgan fingerprint density at radius 3 is 2.76 bits per heavy atom. The summed E-state index contributed by atoms with van der Waals surface area (Å²) in [5.74, 6) is 0. The van der Waals surface area contributed by atoms with Gasteiger partial charge in [-0.25, -0.2) is 9.78 Å². The van der Waals surface area contributed by atoms with Crippen LogP contribution in [0.25, 0.3) is 16.3 Å². The van der Waals surface area contributed by atoms with Crippen LogP contribution in [-0.4, -0.2) is 51.9 Å². The normalized spacial score (nSPS) is 17.1. The molecule has 2 amide bonds. The van der Waals surface area contributed by atoms with Crippen molar-refractivity contribution in [1.29, 1.82) is 0 Å². The van der Waals surface area contributed by atoms with E-state index < -0.39 is 0 Å². The van der Waals surface area contributed by atoms with E-state index in [9.17, 15) is 4.79 Å². The van der Waals surface area contributed by atoms with Crippen LogP contribution in [0.15, 0.2) is 54.2 Å². The molecule has 2 aromatic heterocycles. The maximum Gasteiger partial charge on any atom is 0.322 e. The van der Waals surface area contributed by atoms with Crippen molar-refractivity contribution in [2.45, 2.75) is 24.8 Å². The van der Waals surface area contributed by atoms with Gasteiger partial charge in [0, 0.05) is 37.3 Å². The molecule has 0 unspecified atom stereocenters. The number of rotatable bonds is 5. The quantitative estimate of drug-likeness (QED) is 0.316. The largest absolute Gasteiger partial charge is 0.332 e. The summed E-state index contributed by atoms with van der Waals surface area (Å²) in [5.41, 5.74) is 7.07. The van der Waals surface area contributed by atoms with Gasteiger partial charge in [-0.2, -0.15) is 5.10 Å². The van der Waals surface area contributed by atoms with E-state index in [2.05, 4.69) is 39.6 Å². The molecule has 2 aromatic carbocycles. The van der Waals surface area contributed by atoms with E-state index in [-0.39, 0.29) is 11.4 Å². The minimum atomic E-state index is -0.100. The number of hydrogen-bond acceptors (Lipinski definition) is 5. The Morgan fingerprint density at radius 2 is 2.00 bits per heavy atom. The van der Waals surface area contributed by atoms with Crippen molar-refractivity contribution in [2.24, 2.45) is 7.05 Å². The van der Waals surface area contributed by atoms with E-state index >= 15 is 0 Å². The molecule has 10 heteroatoms. The van der Waals surface area contributed by atoms with Crippen LogP contribution in [0.2, 0.25) is 10.0 Å². The predicted octanol–water partition coefficient (Wildman–Crippen LogP) is 6.11. The van der Waals surface area contributed by atoms with Crippen LogP contribution < -0.4 is 10.2 Å². The molecule has 196 valence electrons. The number of carbonyl (C=O) groups is 1. The number of urea groups is 1. The fraction of sp³-hybridized carbons (Fsp3) is 0.321. The minimum absolute atomic E-state index is 0.0779. The molecule has 1 saturated heterocycles. The van der Waals surface area contributed by atoms with E-state index in [1.165, 1.54) is 10.3 Å². The molecular formula is C28H28Cl2N6OS. The van der Waals surface area contributed by atoms with Crippen molar-refractivity contribution in [2.75, 3.05) is 31.1 Å². The Balaban J connectivity index is 1.18. The summed E-state index contributed by atoms with van der Waals surface area (Å²) in [7, 11) is 1.88. The van der Waals surface area contributed by atoms with Crippen molar-refractivity contribution in [3.8, 4) is 0 Å². The average molecular weight is 568 g/mol. The van der Waals surface area contributed by atoms with Crippen LogP contribution in [0.3, 0.4) is 0 Å². The molecule has 2 aliphatic heterocycles. The van der Waals surface area contributed by atoms with Crippen molar-refractivity contribution in [3.63, 3.8) is 0 Å². The molecule has 38 heavy (non-hydrogen) atoms. The number of fused-ring (bicyclic) bond motifs is 4. The molecule has 7 nitrogen and oxygen atoms in total. The first-order valence-corrected chi connectivity index (χ1v) is 14.3. The third kappa shape index (κ3) is 4.71. The minimum Gasteiger partial charge on any atom is -0.332 e. The highest BCUT2D eigenvalue weighted by Crippen LogP contribution is 2.50. The van der Waals surface area contributed by atoms with E-state index in [1.807, 2.05) is 41.7 Å². The van der Waals surface area contributed by atoms with E-state index in [0.717, 1.165) is 54.9 Å². The Labute approximate surface area is 235 Å². The highest BCUT2D eigenvalue weighted by Gasteiger charge is 2.47. The molecule has 0 aliphatic carbocycles. The zero-order valence-electron chi connectivity index (χ0n) is 21.0. The molecule has 2 aliphatic rings. The number of amides is 2. The van der Waals surface area contributed by atoms with Gasteiger partial charge in [0.15, 0.2) is 0 Å². The van der Waals surface area contributed by atoms with Gasteiger partial charge in [0.2, 0.25) is 0 Å². The zero-order valence-corrected chi connectivity index (χ0v) is 23.4. The molecule has 1 N–H and O–H groups in total. The van der Waals surface area contributed by atoms with Gasteiger partial charge in [-0.05, 0) is 61.8 Å². The van der Waals surface area contributed by atoms with Gasteiger partial charge >= 0.3 is 6.03 Å². The lowest BCUT2D eigenvalue weighted by molar-refractivity contribution is 0.180. The first-order valence-electron chi connectivity index (χ1n) is 12.7. The van der Waals surface area contributed by atoms with Gasteiger partial charge < -0.3 is 5.32 Å². The molecule has 0 radical (unpaired) electrons. The van der Waals surface area contributed by atoms with Crippen LogP contribution in [0, 0.1) is 0 Å². The molecule has 0 atom stereocenters. The van der Waals surface area contributed by atoms with Gasteiger partial charge in [0.1, 0.15) is 0 Å². The predicted molar refractivity (Wildman–Crippen MR) is 155 cm³/mol. The number of anilines is 1. The lowest BCUT2D eigenvalue weighted by atomic mass is 9.74. The molecule has 1 fully saturated rings. The third-order valence-corrected chi connectivity index (χ3v) is 9.31. The molecule has 0 saturated carbocycles. The summed E-state index contributed by atoms with van der Waals surface area (Å²) in [6, 6.07) is 11.7. The summed E-state index contributed by atoms with van der Waals surface area (Å²) in [6.07, 6.45) is 7.96. The van der Waals surface area contributed by atoms with Crippen LogP contribution in [0.1, 0.15) is 29.7 Å². The molecular weight excluding hydrogens is 539 g/mol. The van der Waals surface area contributed by atoms with Crippen LogP contribution in [0.5, 0.6) is 0 Å². The second kappa shape index (κ2) is 10.3. The van der Waals surface area contributed by atoms with Gasteiger partial charge in [-0.15, -0.1) is 11.3 Å². The number of nitrogens with zero attached hydrogens (tertiary/aromatic N) is 5. The van der Waals surface area contributed by atoms with Gasteiger partial charge in [-0.3, -0.25) is 14.5 Å². The average Bonchev–Trinajstić information content (AvgIpc) is 3.63. The first-order chi connectivity index (χ1) is 18.4.